The van der Waals surface area contributed by atoms with E-state index >= 15 is 0 Å². The predicted octanol–water partition coefficient (Wildman–Crippen LogP) is 3.45. The van der Waals surface area contributed by atoms with Gasteiger partial charge in [0.15, 0.2) is 0 Å². The number of carbonyl (C=O) groups excluding carboxylic acids is 1. The van der Waals surface area contributed by atoms with Crippen LogP contribution >= 0.6 is 23.2 Å². The summed E-state index contributed by atoms with van der Waals surface area (Å²) in [6.07, 6.45) is 3.26. The Hall–Kier alpha value is -1.65. The van der Waals surface area contributed by atoms with Crippen LogP contribution in [0.25, 0.3) is 0 Å². The van der Waals surface area contributed by atoms with Gasteiger partial charge < -0.3 is 4.90 Å². The van der Waals surface area contributed by atoms with Crippen molar-refractivity contribution >= 4 is 34.8 Å². The fourth-order valence-electron chi connectivity index (χ4n) is 1.68. The molecule has 19 heavy (non-hydrogen) atoms. The second-order valence-corrected chi connectivity index (χ2v) is 4.47. The minimum absolute atomic E-state index is 0.102. The molecule has 2 rings (SSSR count). The van der Waals surface area contributed by atoms with E-state index in [1.807, 2.05) is 6.92 Å². The zero-order valence-corrected chi connectivity index (χ0v) is 11.7. The third-order valence-electron chi connectivity index (χ3n) is 2.58. The lowest BCUT2D eigenvalue weighted by Crippen LogP contribution is -2.31. The monoisotopic (exact) mass is 295 g/mol. The van der Waals surface area contributed by atoms with Gasteiger partial charge in [-0.1, -0.05) is 23.2 Å². The topological polar surface area (TPSA) is 46.1 Å². The second kappa shape index (κ2) is 5.99. The van der Waals surface area contributed by atoms with Crippen LogP contribution in [0.5, 0.6) is 0 Å². The summed E-state index contributed by atoms with van der Waals surface area (Å²) in [6, 6.07) is 6.64. The molecule has 0 radical (unpaired) electrons. The number of amides is 1. The van der Waals surface area contributed by atoms with E-state index in [1.54, 1.807) is 41.6 Å². The Labute approximate surface area is 121 Å². The standard InChI is InChI=1S/C13H11Cl2N3O/c1-2-18(9-5-7-16-8-6-9)13(19)10-3-4-11(14)17-12(10)15/h3-8H,2H2,1H3. The molecule has 0 N–H and O–H groups in total. The second-order valence-electron chi connectivity index (χ2n) is 3.73. The summed E-state index contributed by atoms with van der Waals surface area (Å²) in [5.41, 5.74) is 1.08. The quantitative estimate of drug-likeness (QED) is 0.815. The van der Waals surface area contributed by atoms with Crippen molar-refractivity contribution in [1.82, 2.24) is 9.97 Å². The molecule has 0 aliphatic heterocycles. The van der Waals surface area contributed by atoms with Crippen molar-refractivity contribution in [3.8, 4) is 0 Å². The Morgan fingerprint density at radius 1 is 1.21 bits per heavy atom. The van der Waals surface area contributed by atoms with Crippen LogP contribution < -0.4 is 4.90 Å². The van der Waals surface area contributed by atoms with Gasteiger partial charge in [-0.3, -0.25) is 9.78 Å². The third-order valence-corrected chi connectivity index (χ3v) is 3.08. The molecular formula is C13H11Cl2N3O. The first-order valence-electron chi connectivity index (χ1n) is 5.67. The largest absolute Gasteiger partial charge is 0.308 e. The Morgan fingerprint density at radius 2 is 1.89 bits per heavy atom. The van der Waals surface area contributed by atoms with Gasteiger partial charge in [0.1, 0.15) is 10.3 Å². The van der Waals surface area contributed by atoms with Crippen LogP contribution in [0, 0.1) is 0 Å². The number of rotatable bonds is 3. The van der Waals surface area contributed by atoms with Crippen molar-refractivity contribution in [3.63, 3.8) is 0 Å². The number of pyridine rings is 2. The van der Waals surface area contributed by atoms with E-state index < -0.39 is 0 Å². The van der Waals surface area contributed by atoms with Crippen LogP contribution in [-0.2, 0) is 0 Å². The molecule has 2 heterocycles. The number of hydrogen-bond acceptors (Lipinski definition) is 3. The molecule has 0 bridgehead atoms. The van der Waals surface area contributed by atoms with Gasteiger partial charge in [0.2, 0.25) is 0 Å². The molecule has 2 aromatic heterocycles. The van der Waals surface area contributed by atoms with Crippen molar-refractivity contribution in [1.29, 1.82) is 0 Å². The summed E-state index contributed by atoms with van der Waals surface area (Å²) in [6.45, 7) is 2.40. The van der Waals surface area contributed by atoms with Gasteiger partial charge in [0.05, 0.1) is 5.56 Å². The molecule has 0 aliphatic carbocycles. The van der Waals surface area contributed by atoms with Crippen molar-refractivity contribution in [3.05, 3.63) is 52.5 Å². The van der Waals surface area contributed by atoms with E-state index in [-0.39, 0.29) is 16.2 Å². The highest BCUT2D eigenvalue weighted by molar-refractivity contribution is 6.35. The SMILES string of the molecule is CCN(C(=O)c1ccc(Cl)nc1Cl)c1ccncc1. The lowest BCUT2D eigenvalue weighted by atomic mass is 10.2. The lowest BCUT2D eigenvalue weighted by molar-refractivity contribution is 0.0988. The molecule has 4 nitrogen and oxygen atoms in total. The van der Waals surface area contributed by atoms with Crippen LogP contribution in [0.1, 0.15) is 17.3 Å². The van der Waals surface area contributed by atoms with Gasteiger partial charge in [-0.2, -0.15) is 0 Å². The molecule has 1 amide bonds. The number of carbonyl (C=O) groups is 1. The molecule has 0 aliphatic rings. The first-order chi connectivity index (χ1) is 9.13. The Kier molecular flexibility index (Phi) is 4.35. The summed E-state index contributed by atoms with van der Waals surface area (Å²) in [4.78, 5) is 21.8. The molecule has 98 valence electrons. The summed E-state index contributed by atoms with van der Waals surface area (Å²) in [7, 11) is 0. The smallest absolute Gasteiger partial charge is 0.261 e. The van der Waals surface area contributed by atoms with Crippen LogP contribution in [0.4, 0.5) is 5.69 Å². The zero-order valence-electron chi connectivity index (χ0n) is 10.2. The average Bonchev–Trinajstić information content (AvgIpc) is 2.40. The summed E-state index contributed by atoms with van der Waals surface area (Å²) in [5, 5.41) is 0.360. The normalized spacial score (nSPS) is 10.3. The highest BCUT2D eigenvalue weighted by Gasteiger charge is 2.19. The fourth-order valence-corrected chi connectivity index (χ4v) is 2.11. The number of hydrogen-bond donors (Lipinski definition) is 0. The summed E-state index contributed by atoms with van der Waals surface area (Å²) in [5.74, 6) is -0.220. The number of halogens is 2. The van der Waals surface area contributed by atoms with E-state index in [0.29, 0.717) is 12.1 Å². The van der Waals surface area contributed by atoms with E-state index in [0.717, 1.165) is 5.69 Å². The first-order valence-corrected chi connectivity index (χ1v) is 6.43. The molecule has 0 saturated heterocycles. The number of nitrogens with zero attached hydrogens (tertiary/aromatic N) is 3. The van der Waals surface area contributed by atoms with Crippen LogP contribution in [0.2, 0.25) is 10.3 Å². The minimum atomic E-state index is -0.220. The molecule has 0 fully saturated rings. The van der Waals surface area contributed by atoms with E-state index in [2.05, 4.69) is 9.97 Å². The summed E-state index contributed by atoms with van der Waals surface area (Å²) >= 11 is 11.7. The maximum absolute atomic E-state index is 12.4. The van der Waals surface area contributed by atoms with Crippen molar-refractivity contribution < 1.29 is 4.79 Å². The van der Waals surface area contributed by atoms with Crippen molar-refractivity contribution in [2.24, 2.45) is 0 Å². The Balaban J connectivity index is 2.36. The first kappa shape index (κ1) is 13.8. The van der Waals surface area contributed by atoms with E-state index in [4.69, 9.17) is 23.2 Å². The minimum Gasteiger partial charge on any atom is -0.308 e. The van der Waals surface area contributed by atoms with Crippen molar-refractivity contribution in [2.75, 3.05) is 11.4 Å². The van der Waals surface area contributed by atoms with Gasteiger partial charge in [-0.15, -0.1) is 0 Å². The van der Waals surface area contributed by atoms with E-state index in [9.17, 15) is 4.79 Å². The lowest BCUT2D eigenvalue weighted by Gasteiger charge is -2.21. The fraction of sp³-hybridized carbons (Fsp3) is 0.154. The molecule has 6 heteroatoms. The Bertz CT molecular complexity index is 590. The number of aromatic nitrogens is 2. The molecular weight excluding hydrogens is 285 g/mol. The van der Waals surface area contributed by atoms with Gasteiger partial charge >= 0.3 is 0 Å². The zero-order chi connectivity index (χ0) is 13.8. The van der Waals surface area contributed by atoms with Gasteiger partial charge in [0, 0.05) is 24.6 Å². The molecule has 0 spiro atoms. The average molecular weight is 296 g/mol. The van der Waals surface area contributed by atoms with E-state index in [1.165, 1.54) is 0 Å². The highest BCUT2D eigenvalue weighted by atomic mass is 35.5. The summed E-state index contributed by atoms with van der Waals surface area (Å²) < 4.78 is 0. The Morgan fingerprint density at radius 3 is 2.47 bits per heavy atom. The maximum atomic E-state index is 12.4. The van der Waals surface area contributed by atoms with Gasteiger partial charge in [0.25, 0.3) is 5.91 Å². The van der Waals surface area contributed by atoms with Crippen LogP contribution in [0.3, 0.4) is 0 Å². The molecule has 0 atom stereocenters. The molecule has 0 aromatic carbocycles. The number of anilines is 1. The highest BCUT2D eigenvalue weighted by Crippen LogP contribution is 2.21. The van der Waals surface area contributed by atoms with Gasteiger partial charge in [-0.25, -0.2) is 4.98 Å². The predicted molar refractivity (Wildman–Crippen MR) is 75.8 cm³/mol. The molecule has 0 unspecified atom stereocenters. The van der Waals surface area contributed by atoms with Gasteiger partial charge in [-0.05, 0) is 31.2 Å². The molecule has 0 saturated carbocycles. The third kappa shape index (κ3) is 3.03. The van der Waals surface area contributed by atoms with Crippen LogP contribution in [0.15, 0.2) is 36.7 Å². The van der Waals surface area contributed by atoms with Crippen LogP contribution in [-0.4, -0.2) is 22.4 Å². The van der Waals surface area contributed by atoms with Crippen molar-refractivity contribution in [2.45, 2.75) is 6.92 Å². The maximum Gasteiger partial charge on any atom is 0.261 e. The molecule has 2 aromatic rings.